The van der Waals surface area contributed by atoms with Crippen molar-refractivity contribution in [3.63, 3.8) is 0 Å². The Morgan fingerprint density at radius 3 is 1.85 bits per heavy atom. The molecule has 15 N–H and O–H groups in total. The van der Waals surface area contributed by atoms with E-state index >= 15 is 0 Å². The number of aliphatic hydroxyl groups excluding tert-OH is 14. The molecule has 5 aliphatic heterocycles. The Hall–Kier alpha value is -1.75. The lowest BCUT2D eigenvalue weighted by atomic mass is 9.33. The summed E-state index contributed by atoms with van der Waals surface area (Å²) >= 11 is 0. The van der Waals surface area contributed by atoms with Gasteiger partial charge in [-0.25, -0.2) is 0 Å². The molecular formula is C58H94O26. The van der Waals surface area contributed by atoms with Crippen LogP contribution >= 0.6 is 0 Å². The number of rotatable bonds is 14. The molecule has 0 bridgehead atoms. The van der Waals surface area contributed by atoms with E-state index in [9.17, 15) is 81.4 Å². The van der Waals surface area contributed by atoms with E-state index in [4.69, 9.17) is 47.4 Å². The number of carboxylic acids is 1. The molecule has 9 fully saturated rings. The number of aliphatic hydroxyl groups is 14. The minimum absolute atomic E-state index is 0.0268. The van der Waals surface area contributed by atoms with Gasteiger partial charge in [-0.3, -0.25) is 4.79 Å². The average Bonchev–Trinajstić information content (AvgIpc) is 0.688. The predicted octanol–water partition coefficient (Wildman–Crippen LogP) is -2.37. The summed E-state index contributed by atoms with van der Waals surface area (Å²) < 4.78 is 59.2. The van der Waals surface area contributed by atoms with Crippen LogP contribution in [0.1, 0.15) is 113 Å². The Morgan fingerprint density at radius 2 is 1.17 bits per heavy atom. The fourth-order valence-corrected chi connectivity index (χ4v) is 17.5. The van der Waals surface area contributed by atoms with E-state index in [0.29, 0.717) is 19.3 Å². The lowest BCUT2D eigenvalue weighted by molar-refractivity contribution is -0.386. The number of aliphatic carboxylic acids is 1. The van der Waals surface area contributed by atoms with Gasteiger partial charge in [-0.2, -0.15) is 0 Å². The Bertz CT molecular complexity index is 2330. The summed E-state index contributed by atoms with van der Waals surface area (Å²) in [6, 6.07) is 0. The number of carboxylic acid groups (broad SMARTS) is 1. The van der Waals surface area contributed by atoms with Gasteiger partial charge in [-0.05, 0) is 111 Å². The van der Waals surface area contributed by atoms with Gasteiger partial charge < -0.3 is 124 Å². The molecule has 5 saturated heterocycles. The van der Waals surface area contributed by atoms with Gasteiger partial charge in [0.2, 0.25) is 0 Å². The van der Waals surface area contributed by atoms with Crippen molar-refractivity contribution in [2.45, 2.75) is 260 Å². The van der Waals surface area contributed by atoms with Gasteiger partial charge in [-0.15, -0.1) is 0 Å². The van der Waals surface area contributed by atoms with Crippen LogP contribution in [0.25, 0.3) is 0 Å². The smallest absolute Gasteiger partial charge is 0.310 e. The van der Waals surface area contributed by atoms with E-state index in [1.165, 1.54) is 12.5 Å². The highest BCUT2D eigenvalue weighted by Gasteiger charge is 2.70. The van der Waals surface area contributed by atoms with E-state index in [1.807, 2.05) is 6.92 Å². The summed E-state index contributed by atoms with van der Waals surface area (Å²) in [7, 11) is 0. The van der Waals surface area contributed by atoms with Crippen LogP contribution in [0, 0.1) is 50.2 Å². The molecule has 0 aromatic heterocycles. The summed E-state index contributed by atoms with van der Waals surface area (Å²) in [5, 5.41) is 164. The zero-order valence-corrected chi connectivity index (χ0v) is 49.0. The molecule has 5 heterocycles. The highest BCUT2D eigenvalue weighted by molar-refractivity contribution is 5.76. The zero-order chi connectivity index (χ0) is 61.1. The summed E-state index contributed by atoms with van der Waals surface area (Å²) in [6.45, 7) is 12.3. The van der Waals surface area contributed by atoms with Gasteiger partial charge in [0.05, 0.1) is 50.7 Å². The molecule has 10 rings (SSSR count). The van der Waals surface area contributed by atoms with Crippen LogP contribution in [0.3, 0.4) is 0 Å². The maximum Gasteiger partial charge on any atom is 0.310 e. The molecule has 0 aromatic rings. The third-order valence-corrected chi connectivity index (χ3v) is 22.9. The quantitative estimate of drug-likeness (QED) is 0.0639. The molecule has 482 valence electrons. The van der Waals surface area contributed by atoms with E-state index in [0.717, 1.165) is 44.9 Å². The molecule has 84 heavy (non-hydrogen) atoms. The Labute approximate surface area is 488 Å². The number of ether oxygens (including phenoxy) is 10. The maximum atomic E-state index is 13.2. The van der Waals surface area contributed by atoms with E-state index in [-0.39, 0.29) is 52.6 Å². The minimum Gasteiger partial charge on any atom is -0.481 e. The van der Waals surface area contributed by atoms with E-state index in [2.05, 4.69) is 40.7 Å². The fraction of sp³-hybridized carbons (Fsp3) is 0.948. The number of carbonyl (C=O) groups is 1. The highest BCUT2D eigenvalue weighted by atomic mass is 16.8. The molecule has 10 aliphatic rings. The number of fused-ring (bicyclic) bond motifs is 7. The SMILES string of the molecule is C[C@@H]1O[C@@H](O[C@H]2[C@H](O[C@H]3CC[C@@]4(C)[C@@H](CC[C@]5(C)[C@@H]4CC=C4[C@H]6CC(C)(C)CC[C@]6(C(=O)O)CC[C@]45C)[C@]3(C)CO)OC[C@H](O)[C@@H]2O)[C@H](O)[C@H](O[C@@H]2OC[C@@H](O[C@@H]3O[C@H](CO)[C@@H](O[C@@H]4O[C@H](CO)[C@@H](O)[C@H](O)[C@H]4O)[C@H](O)[C@H]3O)[C@@H](O)[C@H]2O)[C@H]1O. The Kier molecular flexibility index (Phi) is 18.7. The first-order valence-electron chi connectivity index (χ1n) is 30.2. The molecule has 26 nitrogen and oxygen atoms in total. The zero-order valence-electron chi connectivity index (χ0n) is 49.0. The molecule has 0 radical (unpaired) electrons. The average molecular weight is 1210 g/mol. The summed E-state index contributed by atoms with van der Waals surface area (Å²) in [6.07, 6.45) is -29.6. The van der Waals surface area contributed by atoms with Crippen LogP contribution in [0.15, 0.2) is 11.6 Å². The van der Waals surface area contributed by atoms with Crippen LogP contribution in [0.4, 0.5) is 0 Å². The van der Waals surface area contributed by atoms with E-state index in [1.54, 1.807) is 0 Å². The Morgan fingerprint density at radius 1 is 0.560 bits per heavy atom. The number of allylic oxidation sites excluding steroid dienone is 2. The standard InChI is InChI=1S/C58H94O26/c1-24-34(63)45(83-47-40(69)37(66)30(22-76-47)80-48-42(71)39(68)44(29(20-60)79-48)82-49-41(70)38(67)36(65)28(19-59)78-49)43(72)50(77-24)84-46-35(64)27(62)21-75-51(46)81-33-11-12-54(4)31(55(33,5)23-61)10-13-57(7)32(54)9-8-25-26-18-53(2,3)14-16-58(26,52(73)74)17-15-56(25,57)6/h8,24,26-51,59-72H,9-23H2,1-7H3,(H,73,74)/t24-,26+,27-,28+,29+,30+,31+,32+,33-,34-,35-,36+,37+,38-,39+,40+,41+,42+,43+,44+,45+,46+,47-,48-,49-,50-,51-,54-,55-,56+,57+,58-/m0/s1. The second-order valence-electron chi connectivity index (χ2n) is 28.0. The third-order valence-electron chi connectivity index (χ3n) is 22.9. The first-order valence-corrected chi connectivity index (χ1v) is 30.2. The maximum absolute atomic E-state index is 13.2. The van der Waals surface area contributed by atoms with Crippen LogP contribution in [0.5, 0.6) is 0 Å². The van der Waals surface area contributed by atoms with Gasteiger partial charge in [0.15, 0.2) is 31.5 Å². The fourth-order valence-electron chi connectivity index (χ4n) is 17.5. The normalized spacial score (nSPS) is 54.9. The van der Waals surface area contributed by atoms with Crippen LogP contribution in [-0.2, 0) is 52.2 Å². The summed E-state index contributed by atoms with van der Waals surface area (Å²) in [5.74, 6) is -0.548. The van der Waals surface area contributed by atoms with Gasteiger partial charge in [0, 0.05) is 5.41 Å². The van der Waals surface area contributed by atoms with Crippen LogP contribution in [-0.4, -0.2) is 263 Å². The second-order valence-corrected chi connectivity index (χ2v) is 28.0. The van der Waals surface area contributed by atoms with Crippen molar-refractivity contribution in [3.05, 3.63) is 11.6 Å². The van der Waals surface area contributed by atoms with Crippen molar-refractivity contribution in [1.82, 2.24) is 0 Å². The number of hydrogen-bond acceptors (Lipinski definition) is 25. The van der Waals surface area contributed by atoms with Gasteiger partial charge >= 0.3 is 5.97 Å². The first kappa shape index (κ1) is 65.2. The summed E-state index contributed by atoms with van der Waals surface area (Å²) in [5.41, 5.74) is -0.906. The molecule has 0 spiro atoms. The molecular weight excluding hydrogens is 1110 g/mol. The molecule has 32 atom stereocenters. The van der Waals surface area contributed by atoms with Gasteiger partial charge in [0.1, 0.15) is 104 Å². The molecule has 4 saturated carbocycles. The monoisotopic (exact) mass is 1210 g/mol. The lowest BCUT2D eigenvalue weighted by Crippen LogP contribution is -2.67. The Balaban J connectivity index is 0.788. The summed E-state index contributed by atoms with van der Waals surface area (Å²) in [4.78, 5) is 13.2. The van der Waals surface area contributed by atoms with Crippen LogP contribution < -0.4 is 0 Å². The topological polar surface area (TPSA) is 413 Å². The van der Waals surface area contributed by atoms with Crippen molar-refractivity contribution in [3.8, 4) is 0 Å². The van der Waals surface area contributed by atoms with Crippen molar-refractivity contribution in [1.29, 1.82) is 0 Å². The largest absolute Gasteiger partial charge is 0.481 e. The molecule has 0 unspecified atom stereocenters. The van der Waals surface area contributed by atoms with Gasteiger partial charge in [0.25, 0.3) is 0 Å². The molecule has 26 heteroatoms. The second kappa shape index (κ2) is 24.1. The first-order chi connectivity index (χ1) is 39.4. The van der Waals surface area contributed by atoms with E-state index < -0.39 is 184 Å². The van der Waals surface area contributed by atoms with Crippen molar-refractivity contribution < 1.29 is 129 Å². The number of hydrogen-bond donors (Lipinski definition) is 15. The highest BCUT2D eigenvalue weighted by Crippen LogP contribution is 2.76. The molecule has 0 amide bonds. The third kappa shape index (κ3) is 10.8. The lowest BCUT2D eigenvalue weighted by Gasteiger charge is -2.71. The predicted molar refractivity (Wildman–Crippen MR) is 284 cm³/mol. The van der Waals surface area contributed by atoms with Crippen LogP contribution in [0.2, 0.25) is 0 Å². The van der Waals surface area contributed by atoms with Gasteiger partial charge in [-0.1, -0.05) is 53.2 Å². The van der Waals surface area contributed by atoms with Crippen molar-refractivity contribution >= 4 is 5.97 Å². The molecule has 5 aliphatic carbocycles. The minimum atomic E-state index is -1.99. The van der Waals surface area contributed by atoms with Crippen molar-refractivity contribution in [2.75, 3.05) is 33.0 Å². The molecule has 0 aromatic carbocycles. The van der Waals surface area contributed by atoms with Crippen molar-refractivity contribution in [2.24, 2.45) is 50.2 Å².